The van der Waals surface area contributed by atoms with Gasteiger partial charge in [-0.2, -0.15) is 0 Å². The molecule has 0 unspecified atom stereocenters. The number of nitrogens with zero attached hydrogens (tertiary/aromatic N) is 5. The van der Waals surface area contributed by atoms with E-state index >= 15 is 0 Å². The Morgan fingerprint density at radius 1 is 1.33 bits per heavy atom. The number of hydrogen-bond acceptors (Lipinski definition) is 5. The molecule has 2 N–H and O–H groups in total. The minimum atomic E-state index is 0.529. The molecule has 21 heavy (non-hydrogen) atoms. The van der Waals surface area contributed by atoms with Crippen LogP contribution in [0.2, 0.25) is 0 Å². The lowest BCUT2D eigenvalue weighted by molar-refractivity contribution is 0.777. The van der Waals surface area contributed by atoms with Crippen LogP contribution in [0.1, 0.15) is 18.4 Å². The third-order valence-electron chi connectivity index (χ3n) is 3.76. The van der Waals surface area contributed by atoms with Gasteiger partial charge in [-0.1, -0.05) is 12.1 Å². The molecule has 0 saturated heterocycles. The van der Waals surface area contributed by atoms with Crippen LogP contribution in [0.25, 0.3) is 5.65 Å². The zero-order valence-electron chi connectivity index (χ0n) is 11.6. The molecule has 2 aromatic heterocycles. The summed E-state index contributed by atoms with van der Waals surface area (Å²) in [5.74, 6) is 0.889. The summed E-state index contributed by atoms with van der Waals surface area (Å²) >= 11 is 0. The third-order valence-corrected chi connectivity index (χ3v) is 3.76. The average molecular weight is 280 g/mol. The van der Waals surface area contributed by atoms with Crippen LogP contribution in [0.4, 0.5) is 11.5 Å². The minimum Gasteiger partial charge on any atom is -0.399 e. The molecule has 0 aliphatic heterocycles. The van der Waals surface area contributed by atoms with E-state index in [0.29, 0.717) is 6.04 Å². The van der Waals surface area contributed by atoms with Crippen LogP contribution >= 0.6 is 0 Å². The highest BCUT2D eigenvalue weighted by molar-refractivity contribution is 5.64. The highest BCUT2D eigenvalue weighted by atomic mass is 15.3. The molecule has 6 heteroatoms. The zero-order chi connectivity index (χ0) is 14.2. The number of nitrogens with two attached hydrogens (primary N) is 1. The van der Waals surface area contributed by atoms with Crippen LogP contribution in [0.3, 0.4) is 0 Å². The molecule has 3 aromatic rings. The molecule has 2 heterocycles. The van der Waals surface area contributed by atoms with Crippen LogP contribution in [0.15, 0.2) is 43.0 Å². The van der Waals surface area contributed by atoms with Crippen LogP contribution in [0, 0.1) is 0 Å². The molecule has 0 atom stereocenters. The van der Waals surface area contributed by atoms with Gasteiger partial charge >= 0.3 is 0 Å². The molecule has 0 amide bonds. The fraction of sp³-hybridized carbons (Fsp3) is 0.267. The summed E-state index contributed by atoms with van der Waals surface area (Å²) in [5, 5.41) is 8.16. The van der Waals surface area contributed by atoms with Crippen molar-refractivity contribution in [3.8, 4) is 0 Å². The summed E-state index contributed by atoms with van der Waals surface area (Å²) in [6.07, 6.45) is 7.75. The molecule has 0 bridgehead atoms. The first kappa shape index (κ1) is 12.1. The van der Waals surface area contributed by atoms with Crippen molar-refractivity contribution >= 4 is 17.2 Å². The molecule has 0 radical (unpaired) electrons. The lowest BCUT2D eigenvalue weighted by atomic mass is 10.2. The van der Waals surface area contributed by atoms with Crippen molar-refractivity contribution in [2.75, 3.05) is 10.6 Å². The Kier molecular flexibility index (Phi) is 2.73. The number of aromatic nitrogens is 4. The quantitative estimate of drug-likeness (QED) is 0.739. The highest BCUT2D eigenvalue weighted by Gasteiger charge is 2.31. The van der Waals surface area contributed by atoms with E-state index < -0.39 is 0 Å². The Bertz CT molecular complexity index is 776. The zero-order valence-corrected chi connectivity index (χ0v) is 11.6. The number of rotatable bonds is 4. The monoisotopic (exact) mass is 280 g/mol. The van der Waals surface area contributed by atoms with Gasteiger partial charge in [0.15, 0.2) is 5.82 Å². The van der Waals surface area contributed by atoms with E-state index in [4.69, 9.17) is 5.73 Å². The SMILES string of the molecule is Nc1cccc(CN(c2nccn3cnnc23)C2CC2)c1. The maximum atomic E-state index is 5.88. The van der Waals surface area contributed by atoms with E-state index in [9.17, 15) is 0 Å². The van der Waals surface area contributed by atoms with E-state index in [1.54, 1.807) is 12.5 Å². The van der Waals surface area contributed by atoms with Gasteiger partial charge in [0, 0.05) is 30.7 Å². The second-order valence-corrected chi connectivity index (χ2v) is 5.42. The number of nitrogen functional groups attached to an aromatic ring is 1. The Hall–Kier alpha value is -2.63. The molecular formula is C15H16N6. The van der Waals surface area contributed by atoms with Crippen molar-refractivity contribution in [1.82, 2.24) is 19.6 Å². The van der Waals surface area contributed by atoms with Crippen molar-refractivity contribution in [1.29, 1.82) is 0 Å². The normalized spacial score (nSPS) is 14.5. The van der Waals surface area contributed by atoms with Gasteiger partial charge in [-0.25, -0.2) is 4.98 Å². The largest absolute Gasteiger partial charge is 0.399 e. The second kappa shape index (κ2) is 4.73. The van der Waals surface area contributed by atoms with E-state index in [1.165, 1.54) is 18.4 Å². The van der Waals surface area contributed by atoms with Gasteiger partial charge in [0.2, 0.25) is 5.65 Å². The standard InChI is InChI=1S/C15H16N6/c16-12-3-1-2-11(8-12)9-21(13-4-5-13)14-15-19-18-10-20(15)7-6-17-14/h1-3,6-8,10,13H,4-5,9,16H2. The summed E-state index contributed by atoms with van der Waals surface area (Å²) in [6.45, 7) is 0.787. The van der Waals surface area contributed by atoms with E-state index in [2.05, 4.69) is 26.1 Å². The lowest BCUT2D eigenvalue weighted by Gasteiger charge is -2.23. The summed E-state index contributed by atoms with van der Waals surface area (Å²) in [7, 11) is 0. The molecule has 1 aliphatic carbocycles. The van der Waals surface area contributed by atoms with Crippen molar-refractivity contribution < 1.29 is 0 Å². The van der Waals surface area contributed by atoms with Gasteiger partial charge in [0.05, 0.1) is 0 Å². The van der Waals surface area contributed by atoms with Crippen LogP contribution in [-0.2, 0) is 6.54 Å². The molecule has 6 nitrogen and oxygen atoms in total. The Morgan fingerprint density at radius 2 is 2.24 bits per heavy atom. The van der Waals surface area contributed by atoms with Gasteiger partial charge in [0.1, 0.15) is 6.33 Å². The fourth-order valence-electron chi connectivity index (χ4n) is 2.60. The van der Waals surface area contributed by atoms with Crippen molar-refractivity contribution in [3.05, 3.63) is 48.5 Å². The second-order valence-electron chi connectivity index (χ2n) is 5.42. The van der Waals surface area contributed by atoms with Gasteiger partial charge in [-0.3, -0.25) is 4.40 Å². The smallest absolute Gasteiger partial charge is 0.203 e. The number of fused-ring (bicyclic) bond motifs is 1. The van der Waals surface area contributed by atoms with Gasteiger partial charge in [0.25, 0.3) is 0 Å². The topological polar surface area (TPSA) is 72.3 Å². The first-order chi connectivity index (χ1) is 10.3. The maximum absolute atomic E-state index is 5.88. The van der Waals surface area contributed by atoms with Crippen LogP contribution < -0.4 is 10.6 Å². The summed E-state index contributed by atoms with van der Waals surface area (Å²) in [5.41, 5.74) is 8.65. The molecular weight excluding hydrogens is 264 g/mol. The van der Waals surface area contributed by atoms with Crippen molar-refractivity contribution in [2.45, 2.75) is 25.4 Å². The summed E-state index contributed by atoms with van der Waals surface area (Å²) in [6, 6.07) is 8.53. The molecule has 1 saturated carbocycles. The van der Waals surface area contributed by atoms with Gasteiger partial charge in [-0.05, 0) is 30.5 Å². The molecule has 1 aromatic carbocycles. The molecule has 106 valence electrons. The minimum absolute atomic E-state index is 0.529. The number of anilines is 2. The Labute approximate surface area is 122 Å². The predicted molar refractivity (Wildman–Crippen MR) is 80.8 cm³/mol. The van der Waals surface area contributed by atoms with Crippen LogP contribution in [0.5, 0.6) is 0 Å². The van der Waals surface area contributed by atoms with Crippen molar-refractivity contribution in [2.24, 2.45) is 0 Å². The van der Waals surface area contributed by atoms with Crippen LogP contribution in [-0.4, -0.2) is 25.6 Å². The Morgan fingerprint density at radius 3 is 3.05 bits per heavy atom. The van der Waals surface area contributed by atoms with Gasteiger partial charge in [-0.15, -0.1) is 10.2 Å². The first-order valence-corrected chi connectivity index (χ1v) is 7.07. The molecule has 4 rings (SSSR count). The van der Waals surface area contributed by atoms with Gasteiger partial charge < -0.3 is 10.6 Å². The highest BCUT2D eigenvalue weighted by Crippen LogP contribution is 2.33. The number of benzene rings is 1. The lowest BCUT2D eigenvalue weighted by Crippen LogP contribution is -2.26. The number of hydrogen-bond donors (Lipinski definition) is 1. The average Bonchev–Trinajstić information content (AvgIpc) is 3.21. The first-order valence-electron chi connectivity index (χ1n) is 7.07. The molecule has 1 fully saturated rings. The van der Waals surface area contributed by atoms with E-state index in [0.717, 1.165) is 23.7 Å². The summed E-state index contributed by atoms with van der Waals surface area (Å²) in [4.78, 5) is 6.83. The van der Waals surface area contributed by atoms with E-state index in [-0.39, 0.29) is 0 Å². The third kappa shape index (κ3) is 2.29. The predicted octanol–water partition coefficient (Wildman–Crippen LogP) is 1.88. The summed E-state index contributed by atoms with van der Waals surface area (Å²) < 4.78 is 1.90. The van der Waals surface area contributed by atoms with Crippen molar-refractivity contribution in [3.63, 3.8) is 0 Å². The fourth-order valence-corrected chi connectivity index (χ4v) is 2.60. The Balaban J connectivity index is 1.73. The maximum Gasteiger partial charge on any atom is 0.203 e. The molecule has 1 aliphatic rings. The van der Waals surface area contributed by atoms with E-state index in [1.807, 2.05) is 28.8 Å². The molecule has 0 spiro atoms.